The van der Waals surface area contributed by atoms with Gasteiger partial charge >= 0.3 is 12.1 Å². The maximum absolute atomic E-state index is 12.4. The van der Waals surface area contributed by atoms with Crippen LogP contribution in [-0.4, -0.2) is 19.2 Å². The number of alkyl halides is 3. The zero-order valence-corrected chi connectivity index (χ0v) is 8.54. The Kier molecular flexibility index (Phi) is 3.65. The number of esters is 1. The average molecular weight is 245 g/mol. The second-order valence-corrected chi connectivity index (χ2v) is 2.92. The maximum atomic E-state index is 12.4. The summed E-state index contributed by atoms with van der Waals surface area (Å²) in [5.41, 5.74) is -1.68. The number of halogens is 3. The highest BCUT2D eigenvalue weighted by atomic mass is 19.4. The molecule has 1 rings (SSSR count). The zero-order valence-electron chi connectivity index (χ0n) is 8.54. The number of rotatable bonds is 2. The van der Waals surface area contributed by atoms with Crippen molar-refractivity contribution in [2.75, 3.05) is 7.11 Å². The molecule has 0 spiro atoms. The van der Waals surface area contributed by atoms with Gasteiger partial charge in [-0.25, -0.2) is 9.59 Å². The van der Waals surface area contributed by atoms with Gasteiger partial charge in [0.2, 0.25) is 6.08 Å². The predicted octanol–water partition coefficient (Wildman–Crippen LogP) is 2.46. The summed E-state index contributed by atoms with van der Waals surface area (Å²) in [6.45, 7) is 0. The number of isocyanates is 1. The Labute approximate surface area is 93.7 Å². The van der Waals surface area contributed by atoms with Crippen molar-refractivity contribution in [2.45, 2.75) is 6.18 Å². The fraction of sp³-hybridized carbons (Fsp3) is 0.200. The van der Waals surface area contributed by atoms with Crippen molar-refractivity contribution in [3.05, 3.63) is 29.3 Å². The summed E-state index contributed by atoms with van der Waals surface area (Å²) in [5.74, 6) is -0.882. The Balaban J connectivity index is 3.37. The van der Waals surface area contributed by atoms with Gasteiger partial charge in [-0.3, -0.25) is 0 Å². The standard InChI is InChI=1S/C10H6F3NO3/c1-17-9(16)7-3-2-6(10(11,12)13)4-8(7)14-5-15/h2-4H,1H3. The molecular formula is C10H6F3NO3. The molecule has 0 bridgehead atoms. The first-order valence-corrected chi connectivity index (χ1v) is 4.27. The molecule has 1 aromatic rings. The Morgan fingerprint density at radius 2 is 2.06 bits per heavy atom. The summed E-state index contributed by atoms with van der Waals surface area (Å²) in [4.78, 5) is 24.3. The number of hydrogen-bond acceptors (Lipinski definition) is 4. The topological polar surface area (TPSA) is 55.7 Å². The number of ether oxygens (including phenoxy) is 1. The van der Waals surface area contributed by atoms with Crippen molar-refractivity contribution < 1.29 is 27.5 Å². The van der Waals surface area contributed by atoms with Crippen molar-refractivity contribution >= 4 is 17.7 Å². The molecule has 1 aromatic carbocycles. The van der Waals surface area contributed by atoms with E-state index in [1.165, 1.54) is 0 Å². The van der Waals surface area contributed by atoms with Crippen LogP contribution in [-0.2, 0) is 15.7 Å². The van der Waals surface area contributed by atoms with E-state index in [-0.39, 0.29) is 5.56 Å². The highest BCUT2D eigenvalue weighted by Crippen LogP contribution is 2.33. The molecule has 0 heterocycles. The van der Waals surface area contributed by atoms with Crippen molar-refractivity contribution in [3.8, 4) is 0 Å². The first kappa shape index (κ1) is 12.9. The van der Waals surface area contributed by atoms with E-state index in [9.17, 15) is 22.8 Å². The van der Waals surface area contributed by atoms with Crippen LogP contribution in [0.4, 0.5) is 18.9 Å². The highest BCUT2D eigenvalue weighted by molar-refractivity contribution is 5.95. The van der Waals surface area contributed by atoms with E-state index < -0.39 is 23.4 Å². The van der Waals surface area contributed by atoms with Gasteiger partial charge in [-0.2, -0.15) is 18.2 Å². The van der Waals surface area contributed by atoms with Crippen LogP contribution in [0.3, 0.4) is 0 Å². The second kappa shape index (κ2) is 4.80. The second-order valence-electron chi connectivity index (χ2n) is 2.92. The molecule has 0 amide bonds. The smallest absolute Gasteiger partial charge is 0.416 e. The molecule has 0 aliphatic heterocycles. The van der Waals surface area contributed by atoms with Crippen molar-refractivity contribution in [3.63, 3.8) is 0 Å². The zero-order chi connectivity index (χ0) is 13.1. The minimum atomic E-state index is -4.58. The minimum absolute atomic E-state index is 0.233. The molecule has 0 atom stereocenters. The molecule has 0 unspecified atom stereocenters. The first-order chi connectivity index (χ1) is 7.90. The number of carbonyl (C=O) groups excluding carboxylic acids is 2. The summed E-state index contributed by atoms with van der Waals surface area (Å²) >= 11 is 0. The lowest BCUT2D eigenvalue weighted by Gasteiger charge is -2.08. The van der Waals surface area contributed by atoms with Gasteiger partial charge in [0.25, 0.3) is 0 Å². The molecule has 90 valence electrons. The van der Waals surface area contributed by atoms with E-state index in [4.69, 9.17) is 0 Å². The Morgan fingerprint density at radius 3 is 2.53 bits per heavy atom. The van der Waals surface area contributed by atoms with Crippen LogP contribution in [0.25, 0.3) is 0 Å². The van der Waals surface area contributed by atoms with Gasteiger partial charge < -0.3 is 4.74 Å². The summed E-state index contributed by atoms with van der Waals surface area (Å²) in [6.07, 6.45) is -3.50. The fourth-order valence-electron chi connectivity index (χ4n) is 1.13. The lowest BCUT2D eigenvalue weighted by molar-refractivity contribution is -0.137. The van der Waals surface area contributed by atoms with Gasteiger partial charge in [0.15, 0.2) is 0 Å². The largest absolute Gasteiger partial charge is 0.465 e. The number of benzene rings is 1. The van der Waals surface area contributed by atoms with Crippen LogP contribution in [0, 0.1) is 0 Å². The summed E-state index contributed by atoms with van der Waals surface area (Å²) in [6, 6.07) is 2.18. The van der Waals surface area contributed by atoms with Crippen molar-refractivity contribution in [1.82, 2.24) is 0 Å². The summed E-state index contributed by atoms with van der Waals surface area (Å²) in [5, 5.41) is 0. The van der Waals surface area contributed by atoms with Crippen molar-refractivity contribution in [2.24, 2.45) is 4.99 Å². The van der Waals surface area contributed by atoms with Gasteiger partial charge in [0, 0.05) is 0 Å². The van der Waals surface area contributed by atoms with Crippen LogP contribution < -0.4 is 0 Å². The molecule has 0 aliphatic carbocycles. The van der Waals surface area contributed by atoms with Gasteiger partial charge in [0.1, 0.15) is 0 Å². The predicted molar refractivity (Wildman–Crippen MR) is 50.6 cm³/mol. The van der Waals surface area contributed by atoms with Crippen LogP contribution in [0.2, 0.25) is 0 Å². The molecular weight excluding hydrogens is 239 g/mol. The molecule has 0 aliphatic rings. The number of methoxy groups -OCH3 is 1. The van der Waals surface area contributed by atoms with Crippen molar-refractivity contribution in [1.29, 1.82) is 0 Å². The van der Waals surface area contributed by atoms with E-state index in [1.807, 2.05) is 0 Å². The first-order valence-electron chi connectivity index (χ1n) is 4.27. The Bertz CT molecular complexity index is 490. The maximum Gasteiger partial charge on any atom is 0.416 e. The fourth-order valence-corrected chi connectivity index (χ4v) is 1.13. The van der Waals surface area contributed by atoms with E-state index in [0.29, 0.717) is 12.1 Å². The van der Waals surface area contributed by atoms with Crippen LogP contribution >= 0.6 is 0 Å². The third-order valence-corrected chi connectivity index (χ3v) is 1.90. The highest BCUT2D eigenvalue weighted by Gasteiger charge is 2.31. The van der Waals surface area contributed by atoms with Crippen LogP contribution in [0.5, 0.6) is 0 Å². The van der Waals surface area contributed by atoms with Gasteiger partial charge in [-0.1, -0.05) is 0 Å². The molecule has 4 nitrogen and oxygen atoms in total. The number of aliphatic imine (C=N–C) groups is 1. The monoisotopic (exact) mass is 245 g/mol. The van der Waals surface area contributed by atoms with Crippen LogP contribution in [0.1, 0.15) is 15.9 Å². The quantitative estimate of drug-likeness (QED) is 0.457. The van der Waals surface area contributed by atoms with Crippen LogP contribution in [0.15, 0.2) is 23.2 Å². The average Bonchev–Trinajstić information content (AvgIpc) is 2.27. The number of carbonyl (C=O) groups is 1. The normalized spacial score (nSPS) is 10.6. The van der Waals surface area contributed by atoms with E-state index >= 15 is 0 Å². The third kappa shape index (κ3) is 2.92. The Morgan fingerprint density at radius 1 is 1.41 bits per heavy atom. The SMILES string of the molecule is COC(=O)c1ccc(C(F)(F)F)cc1N=C=O. The molecule has 0 fully saturated rings. The molecule has 0 aromatic heterocycles. The number of hydrogen-bond donors (Lipinski definition) is 0. The van der Waals surface area contributed by atoms with Gasteiger partial charge in [-0.05, 0) is 18.2 Å². The van der Waals surface area contributed by atoms with Gasteiger partial charge in [-0.15, -0.1) is 0 Å². The molecule has 0 saturated heterocycles. The molecule has 0 radical (unpaired) electrons. The lowest BCUT2D eigenvalue weighted by Crippen LogP contribution is -2.07. The molecule has 0 N–H and O–H groups in total. The van der Waals surface area contributed by atoms with Gasteiger partial charge in [0.05, 0.1) is 23.9 Å². The van der Waals surface area contributed by atoms with E-state index in [0.717, 1.165) is 19.3 Å². The third-order valence-electron chi connectivity index (χ3n) is 1.90. The Hall–Kier alpha value is -2.14. The molecule has 17 heavy (non-hydrogen) atoms. The van der Waals surface area contributed by atoms with E-state index in [2.05, 4.69) is 9.73 Å². The minimum Gasteiger partial charge on any atom is -0.465 e. The summed E-state index contributed by atoms with van der Waals surface area (Å²) < 4.78 is 41.4. The summed E-state index contributed by atoms with van der Waals surface area (Å²) in [7, 11) is 1.06. The molecule has 0 saturated carbocycles. The number of nitrogens with zero attached hydrogens (tertiary/aromatic N) is 1. The molecule has 7 heteroatoms. The lowest BCUT2D eigenvalue weighted by atomic mass is 10.1. The van der Waals surface area contributed by atoms with E-state index in [1.54, 1.807) is 0 Å².